The van der Waals surface area contributed by atoms with E-state index in [9.17, 15) is 19.7 Å². The lowest BCUT2D eigenvalue weighted by Gasteiger charge is -2.30. The second kappa shape index (κ2) is 21.3. The first-order valence-corrected chi connectivity index (χ1v) is 18.9. The third kappa shape index (κ3) is 12.0. The minimum absolute atomic E-state index is 0.0822. The minimum Gasteiger partial charge on any atom is -0.497 e. The largest absolute Gasteiger partial charge is 0.497 e. The van der Waals surface area contributed by atoms with Gasteiger partial charge in [0.05, 0.1) is 32.8 Å². The summed E-state index contributed by atoms with van der Waals surface area (Å²) in [4.78, 5) is 47.0. The van der Waals surface area contributed by atoms with Crippen molar-refractivity contribution in [3.8, 4) is 17.2 Å². The number of hydrogen-bond acceptors (Lipinski definition) is 10. The number of carbonyl (C=O) groups excluding carboxylic acids is 2. The molecule has 1 amide bonds. The molecule has 0 unspecified atom stereocenters. The third-order valence-corrected chi connectivity index (χ3v) is 9.89. The molecular formula is C39H57N3O9. The molecule has 0 aliphatic carbocycles. The van der Waals surface area contributed by atoms with Gasteiger partial charge in [-0.1, -0.05) is 83.4 Å². The molecule has 0 N–H and O–H groups in total. The van der Waals surface area contributed by atoms with E-state index in [0.29, 0.717) is 31.1 Å². The number of likely N-dealkylation sites (tertiary alicyclic amines) is 1. The summed E-state index contributed by atoms with van der Waals surface area (Å²) >= 11 is 0. The number of benzene rings is 2. The Bertz CT molecular complexity index is 1360. The number of nitrogens with zero attached hydrogens (tertiary/aromatic N) is 3. The normalized spacial score (nSPS) is 18.1. The van der Waals surface area contributed by atoms with Crippen LogP contribution in [0.15, 0.2) is 42.5 Å². The van der Waals surface area contributed by atoms with Gasteiger partial charge in [-0.25, -0.2) is 0 Å². The van der Waals surface area contributed by atoms with Crippen molar-refractivity contribution in [2.45, 2.75) is 103 Å². The first kappa shape index (κ1) is 39.7. The topological polar surface area (TPSA) is 130 Å². The van der Waals surface area contributed by atoms with Gasteiger partial charge in [0, 0.05) is 31.6 Å². The molecule has 4 rings (SSSR count). The summed E-state index contributed by atoms with van der Waals surface area (Å²) in [5, 5.41) is 9.51. The highest BCUT2D eigenvalue weighted by Gasteiger charge is 2.49. The standard InChI is InChI=1S/C39H57N3O9/c1-4-6-22-40(23-7-5-2)36(43)28-41-27-33(31-18-21-34-35(26-31)50-29-49-34)37(38(41)30-16-19-32(47-3)20-17-30)39(44)48-24-14-12-10-8-9-11-13-15-25-51-42(45)46/h16-21,26,33,37-38H,4-15,22-25,27-29H2,1-3H3/t33-,37-,38+/m1/s1. The molecule has 2 aliphatic heterocycles. The number of esters is 1. The monoisotopic (exact) mass is 711 g/mol. The molecule has 2 aromatic carbocycles. The molecule has 0 radical (unpaired) electrons. The summed E-state index contributed by atoms with van der Waals surface area (Å²) in [5.41, 5.74) is 1.89. The van der Waals surface area contributed by atoms with E-state index in [1.807, 2.05) is 47.4 Å². The molecule has 2 aromatic rings. The zero-order chi connectivity index (χ0) is 36.4. The summed E-state index contributed by atoms with van der Waals surface area (Å²) in [6, 6.07) is 13.3. The number of hydrogen-bond donors (Lipinski definition) is 0. The van der Waals surface area contributed by atoms with E-state index in [1.165, 1.54) is 0 Å². The predicted molar refractivity (Wildman–Crippen MR) is 193 cm³/mol. The van der Waals surface area contributed by atoms with Crippen molar-refractivity contribution in [2.75, 3.05) is 53.3 Å². The van der Waals surface area contributed by atoms with Gasteiger partial charge in [0.15, 0.2) is 11.5 Å². The minimum atomic E-state index is -0.745. The van der Waals surface area contributed by atoms with Crippen molar-refractivity contribution in [1.29, 1.82) is 0 Å². The molecule has 51 heavy (non-hydrogen) atoms. The van der Waals surface area contributed by atoms with Gasteiger partial charge in [0.2, 0.25) is 12.7 Å². The van der Waals surface area contributed by atoms with Crippen LogP contribution in [-0.2, 0) is 19.2 Å². The number of carbonyl (C=O) groups is 2. The van der Waals surface area contributed by atoms with Crippen LogP contribution in [0.4, 0.5) is 0 Å². The van der Waals surface area contributed by atoms with Crippen LogP contribution in [0.3, 0.4) is 0 Å². The lowest BCUT2D eigenvalue weighted by Crippen LogP contribution is -2.42. The fourth-order valence-electron chi connectivity index (χ4n) is 7.06. The Balaban J connectivity index is 1.48. The average molecular weight is 712 g/mol. The molecule has 12 nitrogen and oxygen atoms in total. The van der Waals surface area contributed by atoms with Crippen LogP contribution in [0.1, 0.15) is 114 Å². The summed E-state index contributed by atoms with van der Waals surface area (Å²) in [6.45, 7) is 7.09. The Morgan fingerprint density at radius 2 is 1.45 bits per heavy atom. The van der Waals surface area contributed by atoms with Crippen molar-refractivity contribution < 1.29 is 38.5 Å². The van der Waals surface area contributed by atoms with E-state index in [4.69, 9.17) is 18.9 Å². The van der Waals surface area contributed by atoms with Crippen LogP contribution in [0, 0.1) is 16.0 Å². The van der Waals surface area contributed by atoms with Crippen LogP contribution >= 0.6 is 0 Å². The first-order chi connectivity index (χ1) is 24.9. The molecule has 0 spiro atoms. The van der Waals surface area contributed by atoms with Gasteiger partial charge in [-0.15, -0.1) is 10.1 Å². The van der Waals surface area contributed by atoms with Gasteiger partial charge < -0.3 is 28.7 Å². The molecule has 12 heteroatoms. The molecular weight excluding hydrogens is 654 g/mol. The van der Waals surface area contributed by atoms with Gasteiger partial charge in [-0.3, -0.25) is 14.5 Å². The van der Waals surface area contributed by atoms with Crippen LogP contribution in [0.25, 0.3) is 0 Å². The highest BCUT2D eigenvalue weighted by Crippen LogP contribution is 2.48. The lowest BCUT2D eigenvalue weighted by molar-refractivity contribution is -0.757. The first-order valence-electron chi connectivity index (χ1n) is 18.9. The maximum absolute atomic E-state index is 14.2. The Morgan fingerprint density at radius 3 is 2.08 bits per heavy atom. The maximum atomic E-state index is 14.2. The number of methoxy groups -OCH3 is 1. The van der Waals surface area contributed by atoms with Crippen molar-refractivity contribution in [3.05, 3.63) is 63.7 Å². The number of rotatable bonds is 24. The summed E-state index contributed by atoms with van der Waals surface area (Å²) in [6.07, 6.45) is 11.4. The number of fused-ring (bicyclic) bond motifs is 1. The Morgan fingerprint density at radius 1 is 0.843 bits per heavy atom. The number of ether oxygens (including phenoxy) is 4. The summed E-state index contributed by atoms with van der Waals surface area (Å²) in [5.74, 6) is 1.09. The quantitative estimate of drug-likeness (QED) is 0.0468. The van der Waals surface area contributed by atoms with Gasteiger partial charge in [0.25, 0.3) is 5.09 Å². The SMILES string of the molecule is CCCCN(CCCC)C(=O)CN1C[C@H](c2ccc3c(c2)OCO3)[C@@H](C(=O)OCCCCCCCCCCO[N+](=O)[O-])[C@@H]1c1ccc(OC)cc1. The van der Waals surface area contributed by atoms with E-state index in [0.717, 1.165) is 101 Å². The van der Waals surface area contributed by atoms with E-state index in [1.54, 1.807) is 7.11 Å². The van der Waals surface area contributed by atoms with E-state index < -0.39 is 11.0 Å². The smallest absolute Gasteiger partial charge is 0.311 e. The summed E-state index contributed by atoms with van der Waals surface area (Å²) < 4.78 is 22.8. The third-order valence-electron chi connectivity index (χ3n) is 9.89. The van der Waals surface area contributed by atoms with E-state index in [-0.39, 0.29) is 43.8 Å². The van der Waals surface area contributed by atoms with E-state index >= 15 is 0 Å². The maximum Gasteiger partial charge on any atom is 0.311 e. The molecule has 1 fully saturated rings. The van der Waals surface area contributed by atoms with Crippen LogP contribution in [-0.4, -0.2) is 80.1 Å². The van der Waals surface area contributed by atoms with Crippen molar-refractivity contribution in [2.24, 2.45) is 5.92 Å². The molecule has 1 saturated heterocycles. The predicted octanol–water partition coefficient (Wildman–Crippen LogP) is 7.48. The van der Waals surface area contributed by atoms with Gasteiger partial charge >= 0.3 is 5.97 Å². The fourth-order valence-corrected chi connectivity index (χ4v) is 7.06. The fraction of sp³-hybridized carbons (Fsp3) is 0.641. The highest BCUT2D eigenvalue weighted by molar-refractivity contribution is 5.80. The zero-order valence-electron chi connectivity index (χ0n) is 30.7. The van der Waals surface area contributed by atoms with E-state index in [2.05, 4.69) is 23.6 Å². The molecule has 2 aliphatic rings. The number of amides is 1. The van der Waals surface area contributed by atoms with Crippen LogP contribution < -0.4 is 14.2 Å². The molecule has 2 heterocycles. The molecule has 3 atom stereocenters. The second-order valence-electron chi connectivity index (χ2n) is 13.5. The van der Waals surface area contributed by atoms with Crippen molar-refractivity contribution >= 4 is 11.9 Å². The zero-order valence-corrected chi connectivity index (χ0v) is 30.7. The Labute approximate surface area is 302 Å². The molecule has 282 valence electrons. The lowest BCUT2D eigenvalue weighted by atomic mass is 9.82. The molecule has 0 bridgehead atoms. The molecule has 0 saturated carbocycles. The average Bonchev–Trinajstić information content (AvgIpc) is 3.76. The second-order valence-corrected chi connectivity index (χ2v) is 13.5. The molecule has 0 aromatic heterocycles. The van der Waals surface area contributed by atoms with Crippen LogP contribution in [0.2, 0.25) is 0 Å². The Kier molecular flexibility index (Phi) is 16.6. The highest BCUT2D eigenvalue weighted by atomic mass is 16.9. The van der Waals surface area contributed by atoms with Gasteiger partial charge in [0.1, 0.15) is 5.75 Å². The van der Waals surface area contributed by atoms with Crippen molar-refractivity contribution in [1.82, 2.24) is 9.80 Å². The number of unbranched alkanes of at least 4 members (excludes halogenated alkanes) is 9. The van der Waals surface area contributed by atoms with Gasteiger partial charge in [-0.05, 0) is 61.1 Å². The van der Waals surface area contributed by atoms with Crippen LogP contribution in [0.5, 0.6) is 17.2 Å². The van der Waals surface area contributed by atoms with Crippen molar-refractivity contribution in [3.63, 3.8) is 0 Å². The van der Waals surface area contributed by atoms with Gasteiger partial charge in [-0.2, -0.15) is 0 Å². The summed E-state index contributed by atoms with van der Waals surface area (Å²) in [7, 11) is 1.63. The Hall–Kier alpha value is -4.06.